The molecule has 1 heterocycles. The van der Waals surface area contributed by atoms with E-state index < -0.39 is 11.9 Å². The molecule has 2 N–H and O–H groups in total. The van der Waals surface area contributed by atoms with Gasteiger partial charge in [-0.2, -0.15) is 0 Å². The lowest BCUT2D eigenvalue weighted by atomic mass is 10.3. The summed E-state index contributed by atoms with van der Waals surface area (Å²) in [7, 11) is 0. The van der Waals surface area contributed by atoms with Crippen molar-refractivity contribution in [1.29, 1.82) is 0 Å². The number of nitrogens with one attached hydrogen (secondary N) is 1. The number of hydrogen-bond acceptors (Lipinski definition) is 4. The fraction of sp³-hybridized carbons (Fsp3) is 0.143. The Labute approximate surface area is 124 Å². The van der Waals surface area contributed by atoms with E-state index in [-0.39, 0.29) is 17.3 Å². The van der Waals surface area contributed by atoms with E-state index in [4.69, 9.17) is 9.84 Å². The number of anilines is 1. The van der Waals surface area contributed by atoms with Crippen molar-refractivity contribution in [3.8, 4) is 5.75 Å². The average molecular weight is 309 g/mol. The molecule has 2 rings (SSSR count). The smallest absolute Gasteiger partial charge is 0.346 e. The molecule has 0 aliphatic carbocycles. The summed E-state index contributed by atoms with van der Waals surface area (Å²) in [5.74, 6) is -1.46. The maximum atomic E-state index is 12.7. The van der Waals surface area contributed by atoms with Gasteiger partial charge in [0.25, 0.3) is 5.91 Å². The number of carboxylic acid groups (broad SMARTS) is 1. The van der Waals surface area contributed by atoms with Gasteiger partial charge in [0.1, 0.15) is 16.4 Å². The van der Waals surface area contributed by atoms with Crippen LogP contribution in [0.3, 0.4) is 0 Å². The number of halogens is 1. The van der Waals surface area contributed by atoms with Crippen LogP contribution in [0, 0.1) is 12.7 Å². The molecule has 21 heavy (non-hydrogen) atoms. The summed E-state index contributed by atoms with van der Waals surface area (Å²) in [6, 6.07) is 6.88. The van der Waals surface area contributed by atoms with Crippen molar-refractivity contribution in [2.24, 2.45) is 0 Å². The number of amides is 1. The van der Waals surface area contributed by atoms with Crippen molar-refractivity contribution in [2.45, 2.75) is 6.92 Å². The molecule has 110 valence electrons. The number of ether oxygens (including phenoxy) is 1. The first-order valence-corrected chi connectivity index (χ1v) is 6.79. The van der Waals surface area contributed by atoms with Crippen LogP contribution in [0.1, 0.15) is 15.2 Å². The Hall–Kier alpha value is -2.41. The van der Waals surface area contributed by atoms with Crippen LogP contribution in [0.2, 0.25) is 0 Å². The van der Waals surface area contributed by atoms with E-state index in [2.05, 4.69) is 5.32 Å². The van der Waals surface area contributed by atoms with Crippen molar-refractivity contribution in [3.05, 3.63) is 46.6 Å². The van der Waals surface area contributed by atoms with Crippen molar-refractivity contribution < 1.29 is 23.8 Å². The van der Waals surface area contributed by atoms with E-state index in [1.54, 1.807) is 13.0 Å². The third-order valence-corrected chi connectivity index (χ3v) is 3.70. The minimum Gasteiger partial charge on any atom is -0.484 e. The number of aromatic carboxylic acids is 1. The van der Waals surface area contributed by atoms with Crippen molar-refractivity contribution in [3.63, 3.8) is 0 Å². The van der Waals surface area contributed by atoms with Crippen LogP contribution < -0.4 is 10.1 Å². The van der Waals surface area contributed by atoms with E-state index in [0.717, 1.165) is 11.3 Å². The zero-order valence-corrected chi connectivity index (χ0v) is 11.9. The molecule has 1 amide bonds. The molecule has 0 aliphatic heterocycles. The monoisotopic (exact) mass is 309 g/mol. The Bertz CT molecular complexity index is 666. The summed E-state index contributed by atoms with van der Waals surface area (Å²) < 4.78 is 17.9. The van der Waals surface area contributed by atoms with E-state index in [9.17, 15) is 14.0 Å². The van der Waals surface area contributed by atoms with Gasteiger partial charge in [0.2, 0.25) is 0 Å². The maximum absolute atomic E-state index is 12.7. The minimum atomic E-state index is -1.03. The first-order chi connectivity index (χ1) is 9.95. The van der Waals surface area contributed by atoms with E-state index in [0.29, 0.717) is 16.3 Å². The van der Waals surface area contributed by atoms with Crippen molar-refractivity contribution in [1.82, 2.24) is 0 Å². The van der Waals surface area contributed by atoms with Gasteiger partial charge in [0, 0.05) is 0 Å². The van der Waals surface area contributed by atoms with Gasteiger partial charge in [-0.05, 0) is 42.8 Å². The summed E-state index contributed by atoms with van der Waals surface area (Å²) in [6.07, 6.45) is 0. The van der Waals surface area contributed by atoms with Crippen molar-refractivity contribution in [2.75, 3.05) is 11.9 Å². The average Bonchev–Trinajstić information content (AvgIpc) is 2.79. The summed E-state index contributed by atoms with van der Waals surface area (Å²) in [5.41, 5.74) is 0.585. The van der Waals surface area contributed by atoms with Crippen LogP contribution in [0.15, 0.2) is 30.3 Å². The molecule has 0 aliphatic rings. The fourth-order valence-electron chi connectivity index (χ4n) is 1.61. The van der Waals surface area contributed by atoms with Gasteiger partial charge >= 0.3 is 5.97 Å². The SMILES string of the molecule is Cc1cc(NC(=O)COc2ccc(F)cc2)sc1C(=O)O. The summed E-state index contributed by atoms with van der Waals surface area (Å²) in [5, 5.41) is 11.9. The van der Waals surface area contributed by atoms with Crippen LogP contribution in [0.25, 0.3) is 0 Å². The van der Waals surface area contributed by atoms with E-state index in [1.165, 1.54) is 24.3 Å². The maximum Gasteiger partial charge on any atom is 0.346 e. The van der Waals surface area contributed by atoms with Crippen LogP contribution >= 0.6 is 11.3 Å². The molecule has 0 saturated carbocycles. The molecule has 0 fully saturated rings. The predicted molar refractivity (Wildman–Crippen MR) is 76.5 cm³/mol. The lowest BCUT2D eigenvalue weighted by molar-refractivity contribution is -0.118. The van der Waals surface area contributed by atoms with Crippen molar-refractivity contribution >= 4 is 28.2 Å². The summed E-state index contributed by atoms with van der Waals surface area (Å²) >= 11 is 0.983. The molecule has 0 unspecified atom stereocenters. The molecule has 7 heteroatoms. The van der Waals surface area contributed by atoms with Gasteiger partial charge in [0.15, 0.2) is 6.61 Å². The minimum absolute atomic E-state index is 0.185. The molecule has 2 aromatic rings. The lowest BCUT2D eigenvalue weighted by Gasteiger charge is -2.05. The third kappa shape index (κ3) is 4.03. The number of thiophene rings is 1. The molecular formula is C14H12FNO4S. The number of rotatable bonds is 5. The second kappa shape index (κ2) is 6.36. The van der Waals surface area contributed by atoms with Gasteiger partial charge in [0.05, 0.1) is 5.00 Å². The number of carboxylic acids is 1. The summed E-state index contributed by atoms with van der Waals surface area (Å²) in [4.78, 5) is 22.8. The second-order valence-corrected chi connectivity index (χ2v) is 5.27. The molecule has 1 aromatic heterocycles. The lowest BCUT2D eigenvalue weighted by Crippen LogP contribution is -2.19. The van der Waals surface area contributed by atoms with Gasteiger partial charge < -0.3 is 15.2 Å². The normalized spacial score (nSPS) is 10.2. The molecule has 0 saturated heterocycles. The quantitative estimate of drug-likeness (QED) is 0.890. The number of benzene rings is 1. The highest BCUT2D eigenvalue weighted by molar-refractivity contribution is 7.18. The highest BCUT2D eigenvalue weighted by atomic mass is 32.1. The molecule has 0 spiro atoms. The molecular weight excluding hydrogens is 297 g/mol. The molecule has 0 atom stereocenters. The Kier molecular flexibility index (Phi) is 4.54. The van der Waals surface area contributed by atoms with Crippen LogP contribution in [-0.4, -0.2) is 23.6 Å². The largest absolute Gasteiger partial charge is 0.484 e. The highest BCUT2D eigenvalue weighted by Gasteiger charge is 2.13. The van der Waals surface area contributed by atoms with E-state index >= 15 is 0 Å². The summed E-state index contributed by atoms with van der Waals surface area (Å²) in [6.45, 7) is 1.41. The Morgan fingerprint density at radius 2 is 2.00 bits per heavy atom. The van der Waals surface area contributed by atoms with Gasteiger partial charge in [-0.3, -0.25) is 4.79 Å². The first-order valence-electron chi connectivity index (χ1n) is 5.97. The van der Waals surface area contributed by atoms with Gasteiger partial charge in [-0.1, -0.05) is 0 Å². The molecule has 0 radical (unpaired) electrons. The zero-order valence-electron chi connectivity index (χ0n) is 11.1. The predicted octanol–water partition coefficient (Wildman–Crippen LogP) is 2.91. The molecule has 0 bridgehead atoms. The fourth-order valence-corrected chi connectivity index (χ4v) is 2.54. The second-order valence-electron chi connectivity index (χ2n) is 4.22. The first kappa shape index (κ1) is 15.0. The molecule has 1 aromatic carbocycles. The standard InChI is InChI=1S/C14H12FNO4S/c1-8-6-12(21-13(8)14(18)19)16-11(17)7-20-10-4-2-9(15)3-5-10/h2-6H,7H2,1H3,(H,16,17)(H,18,19). The Balaban J connectivity index is 1.91. The van der Waals surface area contributed by atoms with E-state index in [1.807, 2.05) is 0 Å². The number of hydrogen-bond donors (Lipinski definition) is 2. The van der Waals surface area contributed by atoms with Crippen LogP contribution in [-0.2, 0) is 4.79 Å². The van der Waals surface area contributed by atoms with Gasteiger partial charge in [-0.15, -0.1) is 11.3 Å². The van der Waals surface area contributed by atoms with Crippen LogP contribution in [0.4, 0.5) is 9.39 Å². The third-order valence-electron chi connectivity index (χ3n) is 2.56. The highest BCUT2D eigenvalue weighted by Crippen LogP contribution is 2.26. The zero-order chi connectivity index (χ0) is 15.4. The Morgan fingerprint density at radius 3 is 2.57 bits per heavy atom. The number of carbonyl (C=O) groups excluding carboxylic acids is 1. The van der Waals surface area contributed by atoms with Gasteiger partial charge in [-0.25, -0.2) is 9.18 Å². The van der Waals surface area contributed by atoms with Crippen LogP contribution in [0.5, 0.6) is 5.75 Å². The number of carbonyl (C=O) groups is 2. The molecule has 5 nitrogen and oxygen atoms in total. The number of aryl methyl sites for hydroxylation is 1. The topological polar surface area (TPSA) is 75.6 Å². The Morgan fingerprint density at radius 1 is 1.33 bits per heavy atom.